The minimum absolute atomic E-state index is 0. The number of aliphatic hydroxyl groups is 1. The first-order chi connectivity index (χ1) is 22.0. The summed E-state index contributed by atoms with van der Waals surface area (Å²) in [4.78, 5) is 13.6. The zero-order valence-corrected chi connectivity index (χ0v) is 27.5. The van der Waals surface area contributed by atoms with E-state index in [4.69, 9.17) is 5.73 Å². The van der Waals surface area contributed by atoms with Gasteiger partial charge in [0.15, 0.2) is 0 Å². The van der Waals surface area contributed by atoms with Gasteiger partial charge in [0.25, 0.3) is 0 Å². The standard InChI is InChI=1S/C34H42N4O6S2.CH4/c1-2-22-38(46(43,44)32-19-17-29(35)18-20-32)30(25-39)12-8-9-21-36-34(40)33(37-45(41,42)31-13-4-3-5-14-31)24-26-15-16-27-10-6-7-11-28(27)23-26;/h3-7,10-11,13-20,23,30,33,37,39H,2,8-9,12,21-22,24-25,35H2,1H3,(H,36,40);1H4/t30-,33-;/m0./s1. The van der Waals surface area contributed by atoms with Gasteiger partial charge in [0.2, 0.25) is 26.0 Å². The summed E-state index contributed by atoms with van der Waals surface area (Å²) in [6.45, 7) is 2.01. The van der Waals surface area contributed by atoms with Crippen molar-refractivity contribution in [2.75, 3.05) is 25.4 Å². The van der Waals surface area contributed by atoms with Crippen molar-refractivity contribution < 1.29 is 26.7 Å². The lowest BCUT2D eigenvalue weighted by Gasteiger charge is -2.29. The number of unbranched alkanes of at least 4 members (excludes halogenated alkanes) is 1. The maximum Gasteiger partial charge on any atom is 0.243 e. The van der Waals surface area contributed by atoms with Gasteiger partial charge in [0.05, 0.1) is 16.4 Å². The van der Waals surface area contributed by atoms with Gasteiger partial charge >= 0.3 is 0 Å². The molecule has 4 rings (SSSR count). The molecule has 0 unspecified atom stereocenters. The largest absolute Gasteiger partial charge is 0.399 e. The Morgan fingerprint density at radius 2 is 1.51 bits per heavy atom. The highest BCUT2D eigenvalue weighted by Gasteiger charge is 2.30. The lowest BCUT2D eigenvalue weighted by atomic mass is 10.0. The van der Waals surface area contributed by atoms with Gasteiger partial charge in [-0.05, 0) is 78.4 Å². The zero-order valence-electron chi connectivity index (χ0n) is 25.9. The van der Waals surface area contributed by atoms with E-state index >= 15 is 0 Å². The van der Waals surface area contributed by atoms with E-state index < -0.39 is 38.0 Å². The van der Waals surface area contributed by atoms with Crippen molar-refractivity contribution in [1.82, 2.24) is 14.3 Å². The highest BCUT2D eigenvalue weighted by Crippen LogP contribution is 2.23. The van der Waals surface area contributed by atoms with Crippen LogP contribution in [0.3, 0.4) is 0 Å². The number of aliphatic hydroxyl groups excluding tert-OH is 1. The average molecular weight is 683 g/mol. The minimum Gasteiger partial charge on any atom is -0.399 e. The lowest BCUT2D eigenvalue weighted by molar-refractivity contribution is -0.122. The quantitative estimate of drug-likeness (QED) is 0.0929. The molecule has 0 spiro atoms. The maximum absolute atomic E-state index is 13.4. The Morgan fingerprint density at radius 3 is 2.17 bits per heavy atom. The number of hydrogen-bond acceptors (Lipinski definition) is 7. The Kier molecular flexibility index (Phi) is 13.9. The van der Waals surface area contributed by atoms with Crippen molar-refractivity contribution in [3.8, 4) is 0 Å². The van der Waals surface area contributed by atoms with E-state index in [1.807, 2.05) is 49.4 Å². The second kappa shape index (κ2) is 17.4. The highest BCUT2D eigenvalue weighted by molar-refractivity contribution is 7.89. The molecule has 47 heavy (non-hydrogen) atoms. The average Bonchev–Trinajstić information content (AvgIpc) is 3.05. The number of hydrogen-bond donors (Lipinski definition) is 4. The highest BCUT2D eigenvalue weighted by atomic mass is 32.2. The molecule has 10 nitrogen and oxygen atoms in total. The molecule has 2 atom stereocenters. The molecule has 12 heteroatoms. The van der Waals surface area contributed by atoms with Crippen molar-refractivity contribution in [3.63, 3.8) is 0 Å². The summed E-state index contributed by atoms with van der Waals surface area (Å²) in [5.41, 5.74) is 6.99. The maximum atomic E-state index is 13.4. The molecule has 0 aliphatic heterocycles. The van der Waals surface area contributed by atoms with Gasteiger partial charge < -0.3 is 16.2 Å². The molecule has 4 aromatic rings. The Bertz CT molecular complexity index is 1800. The summed E-state index contributed by atoms with van der Waals surface area (Å²) in [5.74, 6) is -0.468. The molecule has 5 N–H and O–H groups in total. The molecule has 254 valence electrons. The van der Waals surface area contributed by atoms with Crippen LogP contribution < -0.4 is 15.8 Å². The topological polar surface area (TPSA) is 159 Å². The van der Waals surface area contributed by atoms with Gasteiger partial charge in [-0.15, -0.1) is 0 Å². The number of nitrogens with one attached hydrogen (secondary N) is 2. The predicted octanol–water partition coefficient (Wildman–Crippen LogP) is 4.70. The number of rotatable bonds is 17. The van der Waals surface area contributed by atoms with Crippen molar-refractivity contribution in [2.45, 2.75) is 68.3 Å². The van der Waals surface area contributed by atoms with Crippen molar-refractivity contribution >= 4 is 42.4 Å². The van der Waals surface area contributed by atoms with Gasteiger partial charge in [-0.1, -0.05) is 81.4 Å². The van der Waals surface area contributed by atoms with Crippen LogP contribution in [-0.4, -0.2) is 63.9 Å². The number of fused-ring (bicyclic) bond motifs is 1. The molecule has 0 saturated heterocycles. The predicted molar refractivity (Wildman–Crippen MR) is 188 cm³/mol. The second-order valence-corrected chi connectivity index (χ2v) is 14.8. The SMILES string of the molecule is C.CCCN([C@H](CO)CCCCNC(=O)[C@H](Cc1ccc2ccccc2c1)NS(=O)(=O)c1ccccc1)S(=O)(=O)c1ccc(N)cc1. The van der Waals surface area contributed by atoms with Gasteiger partial charge in [0, 0.05) is 24.8 Å². The summed E-state index contributed by atoms with van der Waals surface area (Å²) < 4.78 is 57.0. The van der Waals surface area contributed by atoms with E-state index in [1.54, 1.807) is 18.2 Å². The summed E-state index contributed by atoms with van der Waals surface area (Å²) in [7, 11) is -7.84. The first-order valence-electron chi connectivity index (χ1n) is 15.4. The van der Waals surface area contributed by atoms with Crippen LogP contribution in [0.1, 0.15) is 45.6 Å². The molecule has 0 bridgehead atoms. The number of anilines is 1. The van der Waals surface area contributed by atoms with E-state index in [1.165, 1.54) is 40.7 Å². The van der Waals surface area contributed by atoms with E-state index in [0.29, 0.717) is 31.4 Å². The fraction of sp³-hybridized carbons (Fsp3) is 0.343. The first kappa shape index (κ1) is 37.6. The molecule has 0 aromatic heterocycles. The summed E-state index contributed by atoms with van der Waals surface area (Å²) in [6.07, 6.45) is 2.11. The van der Waals surface area contributed by atoms with Crippen LogP contribution in [0.15, 0.2) is 107 Å². The third-order valence-corrected chi connectivity index (χ3v) is 11.2. The third kappa shape index (κ3) is 10.1. The number of sulfonamides is 2. The van der Waals surface area contributed by atoms with Crippen molar-refractivity contribution in [2.24, 2.45) is 0 Å². The van der Waals surface area contributed by atoms with Crippen LogP contribution in [-0.2, 0) is 31.3 Å². The number of nitrogens with zero attached hydrogens (tertiary/aromatic N) is 1. The van der Waals surface area contributed by atoms with Crippen LogP contribution in [0, 0.1) is 0 Å². The molecule has 0 radical (unpaired) electrons. The van der Waals surface area contributed by atoms with Crippen molar-refractivity contribution in [1.29, 1.82) is 0 Å². The van der Waals surface area contributed by atoms with Crippen LogP contribution in [0.4, 0.5) is 5.69 Å². The number of nitrogen functional groups attached to an aromatic ring is 1. The van der Waals surface area contributed by atoms with Crippen molar-refractivity contribution in [3.05, 3.63) is 103 Å². The zero-order chi connectivity index (χ0) is 33.2. The lowest BCUT2D eigenvalue weighted by Crippen LogP contribution is -2.48. The molecular weight excluding hydrogens is 637 g/mol. The number of nitrogens with two attached hydrogens (primary N) is 1. The molecule has 4 aromatic carbocycles. The molecule has 0 aliphatic carbocycles. The molecule has 0 aliphatic rings. The van der Waals surface area contributed by atoms with E-state index in [9.17, 15) is 26.7 Å². The Labute approximate surface area is 279 Å². The Morgan fingerprint density at radius 1 is 0.851 bits per heavy atom. The number of carbonyl (C=O) groups is 1. The van der Waals surface area contributed by atoms with E-state index in [2.05, 4.69) is 10.0 Å². The Balaban J connectivity index is 0.00000600. The molecule has 1 amide bonds. The third-order valence-electron chi connectivity index (χ3n) is 7.73. The van der Waals surface area contributed by atoms with Crippen LogP contribution in [0.5, 0.6) is 0 Å². The molecule has 0 heterocycles. The van der Waals surface area contributed by atoms with Gasteiger partial charge in [-0.25, -0.2) is 16.8 Å². The summed E-state index contributed by atoms with van der Waals surface area (Å²) in [6, 6.07) is 25.7. The van der Waals surface area contributed by atoms with Crippen LogP contribution >= 0.6 is 0 Å². The van der Waals surface area contributed by atoms with E-state index in [0.717, 1.165) is 16.3 Å². The van der Waals surface area contributed by atoms with Crippen LogP contribution in [0.2, 0.25) is 0 Å². The van der Waals surface area contributed by atoms with Gasteiger partial charge in [-0.2, -0.15) is 9.03 Å². The number of benzene rings is 4. The Hall–Kier alpha value is -3.81. The van der Waals surface area contributed by atoms with Gasteiger partial charge in [0.1, 0.15) is 6.04 Å². The smallest absolute Gasteiger partial charge is 0.243 e. The van der Waals surface area contributed by atoms with Crippen LogP contribution in [0.25, 0.3) is 10.8 Å². The second-order valence-electron chi connectivity index (χ2n) is 11.2. The molecule has 0 fully saturated rings. The number of amides is 1. The van der Waals surface area contributed by atoms with Gasteiger partial charge in [-0.3, -0.25) is 4.79 Å². The summed E-state index contributed by atoms with van der Waals surface area (Å²) in [5, 5.41) is 15.0. The minimum atomic E-state index is -3.98. The van der Waals surface area contributed by atoms with E-state index in [-0.39, 0.29) is 43.3 Å². The summed E-state index contributed by atoms with van der Waals surface area (Å²) >= 11 is 0. The fourth-order valence-corrected chi connectivity index (χ4v) is 8.26. The normalized spacial score (nSPS) is 13.2. The monoisotopic (exact) mass is 682 g/mol. The fourth-order valence-electron chi connectivity index (χ4n) is 5.30. The molecule has 0 saturated carbocycles. The number of carbonyl (C=O) groups excluding carboxylic acids is 1. The molecular formula is C35H46N4O6S2. The first-order valence-corrected chi connectivity index (χ1v) is 18.3.